The van der Waals surface area contributed by atoms with Gasteiger partial charge in [-0.3, -0.25) is 0 Å². The highest BCUT2D eigenvalue weighted by Crippen LogP contribution is 2.18. The normalized spacial score (nSPS) is 16.3. The van der Waals surface area contributed by atoms with Gasteiger partial charge in [0.15, 0.2) is 0 Å². The molecule has 0 radical (unpaired) electrons. The van der Waals surface area contributed by atoms with Crippen molar-refractivity contribution in [1.82, 2.24) is 5.32 Å². The first kappa shape index (κ1) is 15.1. The maximum atomic E-state index is 13.5. The highest BCUT2D eigenvalue weighted by molar-refractivity contribution is 5.21. The Bertz CT molecular complexity index is 384. The summed E-state index contributed by atoms with van der Waals surface area (Å²) in [4.78, 5) is 0. The number of hydrogen-bond acceptors (Lipinski definition) is 2. The SMILES string of the molecule is CCC(C)C(O)CNC(C)c1cc(F)ccc1F. The third kappa shape index (κ3) is 4.03. The second-order valence-corrected chi connectivity index (χ2v) is 4.75. The molecule has 0 bridgehead atoms. The molecule has 0 aliphatic heterocycles. The zero-order chi connectivity index (χ0) is 13.7. The van der Waals surface area contributed by atoms with Crippen LogP contribution in [0.1, 0.15) is 38.8 Å². The Labute approximate surface area is 107 Å². The summed E-state index contributed by atoms with van der Waals surface area (Å²) in [6.45, 7) is 6.08. The number of halogens is 2. The van der Waals surface area contributed by atoms with Crippen LogP contribution in [0.3, 0.4) is 0 Å². The van der Waals surface area contributed by atoms with Gasteiger partial charge in [0.25, 0.3) is 0 Å². The molecule has 3 unspecified atom stereocenters. The molecule has 3 atom stereocenters. The van der Waals surface area contributed by atoms with Crippen molar-refractivity contribution in [3.8, 4) is 0 Å². The van der Waals surface area contributed by atoms with Gasteiger partial charge >= 0.3 is 0 Å². The molecule has 0 heterocycles. The summed E-state index contributed by atoms with van der Waals surface area (Å²) in [5.74, 6) is -0.709. The van der Waals surface area contributed by atoms with Crippen molar-refractivity contribution in [3.05, 3.63) is 35.4 Å². The molecule has 0 saturated heterocycles. The van der Waals surface area contributed by atoms with E-state index in [4.69, 9.17) is 0 Å². The van der Waals surface area contributed by atoms with Crippen LogP contribution in [0.2, 0.25) is 0 Å². The second kappa shape index (κ2) is 6.81. The molecule has 0 amide bonds. The van der Waals surface area contributed by atoms with Crippen molar-refractivity contribution < 1.29 is 13.9 Å². The van der Waals surface area contributed by atoms with Crippen molar-refractivity contribution in [2.24, 2.45) is 5.92 Å². The molecule has 0 fully saturated rings. The average molecular weight is 257 g/mol. The average Bonchev–Trinajstić information content (AvgIpc) is 2.37. The molecule has 102 valence electrons. The van der Waals surface area contributed by atoms with Gasteiger partial charge in [-0.15, -0.1) is 0 Å². The van der Waals surface area contributed by atoms with E-state index in [9.17, 15) is 13.9 Å². The van der Waals surface area contributed by atoms with Gasteiger partial charge in [-0.05, 0) is 31.0 Å². The van der Waals surface area contributed by atoms with Crippen LogP contribution in [-0.2, 0) is 0 Å². The number of rotatable bonds is 6. The molecular formula is C14H21F2NO. The fourth-order valence-electron chi connectivity index (χ4n) is 1.73. The highest BCUT2D eigenvalue weighted by Gasteiger charge is 2.16. The third-order valence-electron chi connectivity index (χ3n) is 3.36. The van der Waals surface area contributed by atoms with E-state index < -0.39 is 17.7 Å². The van der Waals surface area contributed by atoms with Crippen LogP contribution in [0.4, 0.5) is 8.78 Å². The first-order valence-electron chi connectivity index (χ1n) is 6.32. The highest BCUT2D eigenvalue weighted by atomic mass is 19.1. The summed E-state index contributed by atoms with van der Waals surface area (Å²) in [5.41, 5.74) is 0.284. The predicted molar refractivity (Wildman–Crippen MR) is 68.2 cm³/mol. The Morgan fingerprint density at radius 2 is 1.94 bits per heavy atom. The summed E-state index contributed by atoms with van der Waals surface area (Å²) >= 11 is 0. The first-order chi connectivity index (χ1) is 8.45. The Morgan fingerprint density at radius 1 is 1.28 bits per heavy atom. The van der Waals surface area contributed by atoms with Gasteiger partial charge in [0.1, 0.15) is 11.6 Å². The smallest absolute Gasteiger partial charge is 0.128 e. The summed E-state index contributed by atoms with van der Waals surface area (Å²) in [6, 6.07) is 3.07. The van der Waals surface area contributed by atoms with Crippen LogP contribution in [0.15, 0.2) is 18.2 Å². The predicted octanol–water partition coefficient (Wildman–Crippen LogP) is 3.02. The van der Waals surface area contributed by atoms with Crippen LogP contribution in [0, 0.1) is 17.6 Å². The summed E-state index contributed by atoms with van der Waals surface area (Å²) in [7, 11) is 0. The third-order valence-corrected chi connectivity index (χ3v) is 3.36. The van der Waals surface area contributed by atoms with Crippen molar-refractivity contribution in [1.29, 1.82) is 0 Å². The van der Waals surface area contributed by atoms with E-state index in [0.29, 0.717) is 6.54 Å². The van der Waals surface area contributed by atoms with E-state index in [-0.39, 0.29) is 17.5 Å². The van der Waals surface area contributed by atoms with Crippen molar-refractivity contribution in [2.75, 3.05) is 6.54 Å². The van der Waals surface area contributed by atoms with Gasteiger partial charge in [-0.1, -0.05) is 20.3 Å². The van der Waals surface area contributed by atoms with Crippen LogP contribution in [0.25, 0.3) is 0 Å². The van der Waals surface area contributed by atoms with Crippen molar-refractivity contribution in [2.45, 2.75) is 39.3 Å². The molecule has 0 aliphatic carbocycles. The minimum atomic E-state index is -0.478. The van der Waals surface area contributed by atoms with E-state index >= 15 is 0 Å². The lowest BCUT2D eigenvalue weighted by Crippen LogP contribution is -2.33. The maximum absolute atomic E-state index is 13.5. The lowest BCUT2D eigenvalue weighted by atomic mass is 10.0. The lowest BCUT2D eigenvalue weighted by Gasteiger charge is -2.21. The Hall–Kier alpha value is -1.00. The van der Waals surface area contributed by atoms with Crippen molar-refractivity contribution in [3.63, 3.8) is 0 Å². The molecule has 1 aromatic carbocycles. The van der Waals surface area contributed by atoms with Gasteiger partial charge in [-0.25, -0.2) is 8.78 Å². The summed E-state index contributed by atoms with van der Waals surface area (Å²) in [6.07, 6.45) is 0.403. The number of aliphatic hydroxyl groups is 1. The largest absolute Gasteiger partial charge is 0.392 e. The number of aliphatic hydroxyl groups excluding tert-OH is 1. The quantitative estimate of drug-likeness (QED) is 0.821. The van der Waals surface area contributed by atoms with Gasteiger partial charge < -0.3 is 10.4 Å². The van der Waals surface area contributed by atoms with Crippen LogP contribution in [0.5, 0.6) is 0 Å². The number of hydrogen-bond donors (Lipinski definition) is 2. The zero-order valence-corrected chi connectivity index (χ0v) is 11.1. The molecule has 0 spiro atoms. The minimum Gasteiger partial charge on any atom is -0.392 e. The summed E-state index contributed by atoms with van der Waals surface area (Å²) < 4.78 is 26.5. The minimum absolute atomic E-state index is 0.182. The van der Waals surface area contributed by atoms with Crippen LogP contribution < -0.4 is 5.32 Å². The standard InChI is InChI=1S/C14H21F2NO/c1-4-9(2)14(18)8-17-10(3)12-7-11(15)5-6-13(12)16/h5-7,9-10,14,17-18H,4,8H2,1-3H3. The zero-order valence-electron chi connectivity index (χ0n) is 11.1. The molecule has 18 heavy (non-hydrogen) atoms. The topological polar surface area (TPSA) is 32.3 Å². The molecule has 2 N–H and O–H groups in total. The molecule has 1 aromatic rings. The van der Waals surface area contributed by atoms with Gasteiger partial charge in [0.2, 0.25) is 0 Å². The second-order valence-electron chi connectivity index (χ2n) is 4.75. The van der Waals surface area contributed by atoms with Gasteiger partial charge in [-0.2, -0.15) is 0 Å². The molecule has 2 nitrogen and oxygen atoms in total. The maximum Gasteiger partial charge on any atom is 0.128 e. The fourth-order valence-corrected chi connectivity index (χ4v) is 1.73. The molecule has 4 heteroatoms. The van der Waals surface area contributed by atoms with E-state index in [1.54, 1.807) is 6.92 Å². The Kier molecular flexibility index (Phi) is 5.69. The van der Waals surface area contributed by atoms with E-state index in [1.165, 1.54) is 6.07 Å². The number of nitrogens with one attached hydrogen (secondary N) is 1. The Morgan fingerprint density at radius 3 is 2.56 bits per heavy atom. The van der Waals surface area contributed by atoms with E-state index in [1.807, 2.05) is 13.8 Å². The van der Waals surface area contributed by atoms with Crippen LogP contribution >= 0.6 is 0 Å². The molecule has 0 aromatic heterocycles. The van der Waals surface area contributed by atoms with Gasteiger partial charge in [0.05, 0.1) is 6.10 Å². The monoisotopic (exact) mass is 257 g/mol. The lowest BCUT2D eigenvalue weighted by molar-refractivity contribution is 0.110. The molecule has 0 saturated carbocycles. The Balaban J connectivity index is 2.60. The van der Waals surface area contributed by atoms with E-state index in [0.717, 1.165) is 18.6 Å². The molecular weight excluding hydrogens is 236 g/mol. The first-order valence-corrected chi connectivity index (χ1v) is 6.32. The van der Waals surface area contributed by atoms with E-state index in [2.05, 4.69) is 5.32 Å². The number of benzene rings is 1. The van der Waals surface area contributed by atoms with Gasteiger partial charge in [0, 0.05) is 18.2 Å². The summed E-state index contributed by atoms with van der Waals surface area (Å²) in [5, 5.41) is 12.8. The fraction of sp³-hybridized carbons (Fsp3) is 0.571. The molecule has 0 aliphatic rings. The van der Waals surface area contributed by atoms with Crippen molar-refractivity contribution >= 4 is 0 Å². The molecule has 1 rings (SSSR count). The van der Waals surface area contributed by atoms with Crippen LogP contribution in [-0.4, -0.2) is 17.8 Å².